The van der Waals surface area contributed by atoms with E-state index >= 15 is 0 Å². The molecule has 0 fully saturated rings. The number of halogens is 1. The zero-order chi connectivity index (χ0) is 13.3. The van der Waals surface area contributed by atoms with E-state index in [1.54, 1.807) is 6.07 Å². The van der Waals surface area contributed by atoms with Crippen molar-refractivity contribution in [1.82, 2.24) is 0 Å². The zero-order valence-electron chi connectivity index (χ0n) is 11.4. The summed E-state index contributed by atoms with van der Waals surface area (Å²) in [5.41, 5.74) is 7.74. The molecule has 17 heavy (non-hydrogen) atoms. The Hall–Kier alpha value is -0.890. The molecule has 0 aliphatic rings. The third-order valence-electron chi connectivity index (χ3n) is 2.50. The first-order chi connectivity index (χ1) is 7.61. The van der Waals surface area contributed by atoms with Crippen molar-refractivity contribution in [2.75, 3.05) is 11.1 Å². The van der Waals surface area contributed by atoms with E-state index in [-0.39, 0.29) is 11.0 Å². The maximum absolute atomic E-state index is 6.01. The van der Waals surface area contributed by atoms with E-state index in [0.29, 0.717) is 10.7 Å². The molecule has 0 atom stereocenters. The van der Waals surface area contributed by atoms with Gasteiger partial charge in [-0.2, -0.15) is 0 Å². The van der Waals surface area contributed by atoms with E-state index in [1.807, 2.05) is 12.1 Å². The Balaban J connectivity index is 2.87. The van der Waals surface area contributed by atoms with E-state index in [4.69, 9.17) is 17.3 Å². The molecule has 0 saturated carbocycles. The van der Waals surface area contributed by atoms with Gasteiger partial charge in [-0.3, -0.25) is 0 Å². The number of hydrogen-bond donors (Lipinski definition) is 2. The summed E-state index contributed by atoms with van der Waals surface area (Å²) in [5, 5.41) is 4.07. The first-order valence-electron chi connectivity index (χ1n) is 5.93. The van der Waals surface area contributed by atoms with Crippen molar-refractivity contribution in [2.45, 2.75) is 46.6 Å². The van der Waals surface area contributed by atoms with E-state index in [1.165, 1.54) is 0 Å². The first kappa shape index (κ1) is 14.2. The molecule has 0 saturated heterocycles. The largest absolute Gasteiger partial charge is 0.396 e. The van der Waals surface area contributed by atoms with Crippen LogP contribution >= 0.6 is 11.6 Å². The van der Waals surface area contributed by atoms with Crippen LogP contribution in [0.2, 0.25) is 5.02 Å². The molecule has 0 spiro atoms. The first-order valence-corrected chi connectivity index (χ1v) is 6.31. The van der Waals surface area contributed by atoms with Crippen molar-refractivity contribution in [3.8, 4) is 0 Å². The molecule has 1 rings (SSSR count). The van der Waals surface area contributed by atoms with Crippen LogP contribution in [0.4, 0.5) is 11.4 Å². The molecule has 1 aromatic carbocycles. The molecule has 0 bridgehead atoms. The minimum absolute atomic E-state index is 0.0168. The van der Waals surface area contributed by atoms with Crippen molar-refractivity contribution in [1.29, 1.82) is 0 Å². The highest BCUT2D eigenvalue weighted by molar-refractivity contribution is 6.33. The van der Waals surface area contributed by atoms with Gasteiger partial charge in [-0.15, -0.1) is 0 Å². The van der Waals surface area contributed by atoms with E-state index in [2.05, 4.69) is 39.9 Å². The summed E-state index contributed by atoms with van der Waals surface area (Å²) < 4.78 is 0. The predicted octanol–water partition coefficient (Wildman–Crippen LogP) is 4.55. The molecule has 2 nitrogen and oxygen atoms in total. The fourth-order valence-corrected chi connectivity index (χ4v) is 2.56. The van der Waals surface area contributed by atoms with Crippen molar-refractivity contribution >= 4 is 23.0 Å². The van der Waals surface area contributed by atoms with Crippen molar-refractivity contribution in [3.63, 3.8) is 0 Å². The number of anilines is 2. The predicted molar refractivity (Wildman–Crippen MR) is 77.6 cm³/mol. The van der Waals surface area contributed by atoms with Crippen LogP contribution < -0.4 is 11.1 Å². The summed E-state index contributed by atoms with van der Waals surface area (Å²) in [6.07, 6.45) is 1.05. The number of para-hydroxylation sites is 1. The molecule has 0 heterocycles. The molecule has 0 aliphatic heterocycles. The lowest BCUT2D eigenvalue weighted by Gasteiger charge is -2.34. The van der Waals surface area contributed by atoms with Crippen LogP contribution in [0.15, 0.2) is 18.2 Å². The Morgan fingerprint density at radius 3 is 2.29 bits per heavy atom. The van der Waals surface area contributed by atoms with Crippen molar-refractivity contribution in [3.05, 3.63) is 23.2 Å². The Bertz CT molecular complexity index is 392. The lowest BCUT2D eigenvalue weighted by molar-refractivity contribution is 0.302. The molecule has 0 aromatic heterocycles. The Morgan fingerprint density at radius 1 is 1.18 bits per heavy atom. The van der Waals surface area contributed by atoms with Crippen LogP contribution in [0.5, 0.6) is 0 Å². The maximum Gasteiger partial charge on any atom is 0.0739 e. The molecule has 3 N–H and O–H groups in total. The van der Waals surface area contributed by atoms with Crippen LogP contribution in [0, 0.1) is 5.41 Å². The average molecular weight is 255 g/mol. The van der Waals surface area contributed by atoms with E-state index < -0.39 is 0 Å². The molecular formula is C14H23ClN2. The summed E-state index contributed by atoms with van der Waals surface area (Å²) in [6.45, 7) is 11.1. The van der Waals surface area contributed by atoms with Gasteiger partial charge in [-0.25, -0.2) is 0 Å². The minimum atomic E-state index is -0.0168. The van der Waals surface area contributed by atoms with Gasteiger partial charge in [0, 0.05) is 5.54 Å². The lowest BCUT2D eigenvalue weighted by atomic mass is 9.81. The van der Waals surface area contributed by atoms with Gasteiger partial charge >= 0.3 is 0 Å². The summed E-state index contributed by atoms with van der Waals surface area (Å²) in [5.74, 6) is 0. The number of hydrogen-bond acceptors (Lipinski definition) is 2. The van der Waals surface area contributed by atoms with Gasteiger partial charge < -0.3 is 11.1 Å². The highest BCUT2D eigenvalue weighted by atomic mass is 35.5. The number of benzene rings is 1. The van der Waals surface area contributed by atoms with Crippen molar-refractivity contribution in [2.24, 2.45) is 5.41 Å². The van der Waals surface area contributed by atoms with Gasteiger partial charge in [0.1, 0.15) is 0 Å². The summed E-state index contributed by atoms with van der Waals surface area (Å²) in [7, 11) is 0. The van der Waals surface area contributed by atoms with Crippen LogP contribution in [0.3, 0.4) is 0 Å². The third-order valence-corrected chi connectivity index (χ3v) is 2.83. The van der Waals surface area contributed by atoms with E-state index in [0.717, 1.165) is 12.1 Å². The topological polar surface area (TPSA) is 38.0 Å². The fraction of sp³-hybridized carbons (Fsp3) is 0.571. The van der Waals surface area contributed by atoms with Gasteiger partial charge in [-0.1, -0.05) is 38.4 Å². The molecule has 0 unspecified atom stereocenters. The standard InChI is InChI=1S/C14H23ClN2/c1-13(2,3)9-14(4,5)17-11-8-6-7-10(15)12(11)16/h6-8,17H,9,16H2,1-5H3. The molecule has 96 valence electrons. The lowest BCUT2D eigenvalue weighted by Crippen LogP contribution is -2.35. The average Bonchev–Trinajstić information content (AvgIpc) is 2.08. The van der Waals surface area contributed by atoms with Gasteiger partial charge in [-0.05, 0) is 37.8 Å². The highest BCUT2D eigenvalue weighted by Crippen LogP contribution is 2.33. The second-order valence-corrected chi connectivity index (χ2v) is 6.85. The SMILES string of the molecule is CC(C)(C)CC(C)(C)Nc1cccc(Cl)c1N. The van der Waals surface area contributed by atoms with Gasteiger partial charge in [0.25, 0.3) is 0 Å². The summed E-state index contributed by atoms with van der Waals surface area (Å²) >= 11 is 6.01. The summed E-state index contributed by atoms with van der Waals surface area (Å²) in [6, 6.07) is 5.68. The monoisotopic (exact) mass is 254 g/mol. The Morgan fingerprint density at radius 2 is 1.76 bits per heavy atom. The fourth-order valence-electron chi connectivity index (χ4n) is 2.38. The highest BCUT2D eigenvalue weighted by Gasteiger charge is 2.25. The smallest absolute Gasteiger partial charge is 0.0739 e. The Kier molecular flexibility index (Phi) is 3.98. The van der Waals surface area contributed by atoms with Crippen LogP contribution in [0.1, 0.15) is 41.0 Å². The quantitative estimate of drug-likeness (QED) is 0.777. The number of rotatable bonds is 3. The molecule has 0 aliphatic carbocycles. The second-order valence-electron chi connectivity index (χ2n) is 6.45. The number of nitrogen functional groups attached to an aromatic ring is 1. The molecular weight excluding hydrogens is 232 g/mol. The van der Waals surface area contributed by atoms with Crippen LogP contribution in [-0.4, -0.2) is 5.54 Å². The number of nitrogens with two attached hydrogens (primary N) is 1. The molecule has 3 heteroatoms. The number of nitrogens with one attached hydrogen (secondary N) is 1. The Labute approximate surface area is 110 Å². The summed E-state index contributed by atoms with van der Waals surface area (Å²) in [4.78, 5) is 0. The van der Waals surface area contributed by atoms with E-state index in [9.17, 15) is 0 Å². The third kappa shape index (κ3) is 4.47. The van der Waals surface area contributed by atoms with Gasteiger partial charge in [0.2, 0.25) is 0 Å². The maximum atomic E-state index is 6.01. The van der Waals surface area contributed by atoms with Gasteiger partial charge in [0.05, 0.1) is 16.4 Å². The molecule has 0 radical (unpaired) electrons. The van der Waals surface area contributed by atoms with Crippen molar-refractivity contribution < 1.29 is 0 Å². The van der Waals surface area contributed by atoms with Crippen LogP contribution in [0.25, 0.3) is 0 Å². The second kappa shape index (κ2) is 4.77. The van der Waals surface area contributed by atoms with Gasteiger partial charge in [0.15, 0.2) is 0 Å². The minimum Gasteiger partial charge on any atom is -0.396 e. The molecule has 0 amide bonds. The zero-order valence-corrected chi connectivity index (χ0v) is 12.2. The van der Waals surface area contributed by atoms with Crippen LogP contribution in [-0.2, 0) is 0 Å². The normalized spacial score (nSPS) is 12.6. The molecule has 1 aromatic rings.